The average molecular weight is 346 g/mol. The van der Waals surface area contributed by atoms with Gasteiger partial charge < -0.3 is 9.84 Å². The molecule has 0 bridgehead atoms. The molecule has 8 heteroatoms. The molecule has 3 atom stereocenters. The van der Waals surface area contributed by atoms with E-state index in [1.54, 1.807) is 19.1 Å². The molecule has 0 saturated carbocycles. The molecule has 2 fully saturated rings. The predicted octanol–water partition coefficient (Wildman–Crippen LogP) is 1.37. The molecule has 2 saturated heterocycles. The zero-order valence-corrected chi connectivity index (χ0v) is 13.5. The Labute approximate surface area is 133 Å². The molecule has 1 aromatic carbocycles. The van der Waals surface area contributed by atoms with Crippen LogP contribution in [0, 0.1) is 18.8 Å². The Balaban J connectivity index is 1.89. The molecule has 6 nitrogen and oxygen atoms in total. The van der Waals surface area contributed by atoms with Gasteiger partial charge >= 0.3 is 5.97 Å². The number of aliphatic carboxylic acids is 1. The lowest BCUT2D eigenvalue weighted by molar-refractivity contribution is -0.142. The molecule has 22 heavy (non-hydrogen) atoms. The number of fused-ring (bicyclic) bond motifs is 1. The fourth-order valence-electron chi connectivity index (χ4n) is 3.07. The van der Waals surface area contributed by atoms with Crippen LogP contribution in [0.15, 0.2) is 23.1 Å². The number of carboxylic acids is 1. The summed E-state index contributed by atoms with van der Waals surface area (Å²) in [4.78, 5) is 11.3. The van der Waals surface area contributed by atoms with Crippen molar-refractivity contribution in [1.82, 2.24) is 4.31 Å². The number of hydrogen-bond donors (Lipinski definition) is 1. The highest BCUT2D eigenvalue weighted by Crippen LogP contribution is 2.37. The second-order valence-corrected chi connectivity index (χ2v) is 8.05. The van der Waals surface area contributed by atoms with Crippen LogP contribution in [0.5, 0.6) is 0 Å². The zero-order valence-electron chi connectivity index (χ0n) is 11.9. The summed E-state index contributed by atoms with van der Waals surface area (Å²) < 4.78 is 32.2. The zero-order chi connectivity index (χ0) is 16.1. The smallest absolute Gasteiger partial charge is 0.309 e. The summed E-state index contributed by atoms with van der Waals surface area (Å²) in [5.41, 5.74) is 0.794. The average Bonchev–Trinajstić information content (AvgIpc) is 3.01. The first-order valence-electron chi connectivity index (χ1n) is 6.91. The van der Waals surface area contributed by atoms with Crippen molar-refractivity contribution in [3.8, 4) is 0 Å². The third-order valence-electron chi connectivity index (χ3n) is 4.30. The number of hydrogen-bond acceptors (Lipinski definition) is 4. The van der Waals surface area contributed by atoms with Gasteiger partial charge in [-0.15, -0.1) is 0 Å². The van der Waals surface area contributed by atoms with Gasteiger partial charge in [0.1, 0.15) is 4.90 Å². The molecule has 0 radical (unpaired) electrons. The van der Waals surface area contributed by atoms with Crippen molar-refractivity contribution in [2.45, 2.75) is 17.9 Å². The Morgan fingerprint density at radius 1 is 1.41 bits per heavy atom. The van der Waals surface area contributed by atoms with Gasteiger partial charge in [0.15, 0.2) is 0 Å². The van der Waals surface area contributed by atoms with Crippen LogP contribution in [-0.2, 0) is 19.6 Å². The lowest BCUT2D eigenvalue weighted by Crippen LogP contribution is -2.32. The highest BCUT2D eigenvalue weighted by molar-refractivity contribution is 7.89. The minimum Gasteiger partial charge on any atom is -0.481 e. The van der Waals surface area contributed by atoms with E-state index >= 15 is 0 Å². The fraction of sp³-hybridized carbons (Fsp3) is 0.500. The monoisotopic (exact) mass is 345 g/mol. The van der Waals surface area contributed by atoms with Crippen LogP contribution in [0.25, 0.3) is 0 Å². The molecule has 0 unspecified atom stereocenters. The summed E-state index contributed by atoms with van der Waals surface area (Å²) in [6, 6.07) is 4.82. The number of benzene rings is 1. The van der Waals surface area contributed by atoms with E-state index in [0.717, 1.165) is 5.56 Å². The van der Waals surface area contributed by atoms with E-state index in [0.29, 0.717) is 0 Å². The molecule has 0 aromatic heterocycles. The molecule has 0 aliphatic carbocycles. The minimum atomic E-state index is -3.75. The molecule has 0 amide bonds. The summed E-state index contributed by atoms with van der Waals surface area (Å²) in [6.45, 7) is 2.25. The molecule has 0 spiro atoms. The highest BCUT2D eigenvalue weighted by atomic mass is 35.5. The summed E-state index contributed by atoms with van der Waals surface area (Å²) in [5, 5.41) is 9.34. The molecule has 120 valence electrons. The van der Waals surface area contributed by atoms with Gasteiger partial charge in [-0.3, -0.25) is 4.79 Å². The molecule has 3 rings (SSSR count). The number of halogens is 1. The first kappa shape index (κ1) is 15.7. The van der Waals surface area contributed by atoms with Crippen molar-refractivity contribution in [3.63, 3.8) is 0 Å². The summed E-state index contributed by atoms with van der Waals surface area (Å²) >= 11 is 6.03. The van der Waals surface area contributed by atoms with Crippen LogP contribution in [0.1, 0.15) is 5.56 Å². The van der Waals surface area contributed by atoms with Crippen LogP contribution in [0.4, 0.5) is 0 Å². The molecule has 1 N–H and O–H groups in total. The van der Waals surface area contributed by atoms with E-state index in [2.05, 4.69) is 0 Å². The van der Waals surface area contributed by atoms with E-state index in [1.807, 2.05) is 0 Å². The van der Waals surface area contributed by atoms with Crippen molar-refractivity contribution in [2.75, 3.05) is 19.7 Å². The maximum atomic E-state index is 12.8. The van der Waals surface area contributed by atoms with Crippen molar-refractivity contribution in [1.29, 1.82) is 0 Å². The van der Waals surface area contributed by atoms with Gasteiger partial charge in [-0.2, -0.15) is 4.31 Å². The predicted molar refractivity (Wildman–Crippen MR) is 79.3 cm³/mol. The van der Waals surface area contributed by atoms with Crippen molar-refractivity contribution in [2.24, 2.45) is 11.8 Å². The molecule has 2 aliphatic heterocycles. The molecular formula is C14H16ClNO5S. The highest BCUT2D eigenvalue weighted by Gasteiger charge is 2.50. The van der Waals surface area contributed by atoms with E-state index < -0.39 is 21.9 Å². The number of rotatable bonds is 3. The molecule has 1 aromatic rings. The first-order chi connectivity index (χ1) is 10.3. The van der Waals surface area contributed by atoms with Crippen LogP contribution >= 0.6 is 11.6 Å². The second kappa shape index (κ2) is 5.49. The minimum absolute atomic E-state index is 0.0565. The Morgan fingerprint density at radius 2 is 2.14 bits per heavy atom. The first-order valence-corrected chi connectivity index (χ1v) is 8.73. The number of nitrogens with zero attached hydrogens (tertiary/aromatic N) is 1. The topological polar surface area (TPSA) is 83.9 Å². The molecule has 2 aliphatic rings. The summed E-state index contributed by atoms with van der Waals surface area (Å²) in [7, 11) is -3.75. The van der Waals surface area contributed by atoms with E-state index in [4.69, 9.17) is 16.3 Å². The van der Waals surface area contributed by atoms with E-state index in [-0.39, 0.29) is 41.6 Å². The number of aryl methyl sites for hydroxylation is 1. The molecular weight excluding hydrogens is 330 g/mol. The third kappa shape index (κ3) is 2.52. The Hall–Kier alpha value is -1.15. The quantitative estimate of drug-likeness (QED) is 0.894. The lowest BCUT2D eigenvalue weighted by atomic mass is 9.94. The SMILES string of the molecule is Cc1ccc(Cl)c(S(=O)(=O)N2C[C@@H]3[C@H](C2)OC[C@@H]3C(=O)O)c1. The van der Waals surface area contributed by atoms with Crippen molar-refractivity contribution >= 4 is 27.6 Å². The summed E-state index contributed by atoms with van der Waals surface area (Å²) in [6.07, 6.45) is -0.362. The largest absolute Gasteiger partial charge is 0.481 e. The maximum Gasteiger partial charge on any atom is 0.309 e. The normalized spacial score (nSPS) is 28.7. The van der Waals surface area contributed by atoms with Gasteiger partial charge in [-0.25, -0.2) is 8.42 Å². The lowest BCUT2D eigenvalue weighted by Gasteiger charge is -2.19. The van der Waals surface area contributed by atoms with Crippen LogP contribution in [0.2, 0.25) is 5.02 Å². The van der Waals surface area contributed by atoms with Crippen LogP contribution in [0.3, 0.4) is 0 Å². The molecule has 2 heterocycles. The number of carboxylic acid groups (broad SMARTS) is 1. The van der Waals surface area contributed by atoms with Gasteiger partial charge in [0.2, 0.25) is 10.0 Å². The Bertz CT molecular complexity index is 720. The van der Waals surface area contributed by atoms with Gasteiger partial charge in [-0.05, 0) is 24.6 Å². The Kier molecular flexibility index (Phi) is 3.92. The summed E-state index contributed by atoms with van der Waals surface area (Å²) in [5.74, 6) is -1.91. The van der Waals surface area contributed by atoms with Crippen molar-refractivity contribution < 1.29 is 23.1 Å². The van der Waals surface area contributed by atoms with Crippen LogP contribution in [-0.4, -0.2) is 49.6 Å². The van der Waals surface area contributed by atoms with Gasteiger partial charge in [-0.1, -0.05) is 17.7 Å². The number of carbonyl (C=O) groups is 1. The number of ether oxygens (including phenoxy) is 1. The Morgan fingerprint density at radius 3 is 2.82 bits per heavy atom. The standard InChI is InChI=1S/C14H16ClNO5S/c1-8-2-3-11(15)13(4-8)22(19,20)16-5-9-10(14(17)18)7-21-12(9)6-16/h2-4,9-10,12H,5-7H2,1H3,(H,17,18)/t9-,10-,12-/m0/s1. The van der Waals surface area contributed by atoms with Gasteiger partial charge in [0.05, 0.1) is 23.7 Å². The maximum absolute atomic E-state index is 12.8. The van der Waals surface area contributed by atoms with Gasteiger partial charge in [0.25, 0.3) is 0 Å². The van der Waals surface area contributed by atoms with E-state index in [9.17, 15) is 18.3 Å². The van der Waals surface area contributed by atoms with Crippen LogP contribution < -0.4 is 0 Å². The van der Waals surface area contributed by atoms with E-state index in [1.165, 1.54) is 10.4 Å². The van der Waals surface area contributed by atoms with Gasteiger partial charge in [0, 0.05) is 19.0 Å². The second-order valence-electron chi connectivity index (χ2n) is 5.74. The number of sulfonamides is 1. The van der Waals surface area contributed by atoms with Crippen molar-refractivity contribution in [3.05, 3.63) is 28.8 Å². The fourth-order valence-corrected chi connectivity index (χ4v) is 5.12. The third-order valence-corrected chi connectivity index (χ3v) is 6.62.